The Labute approximate surface area is 83.5 Å². The third-order valence-corrected chi connectivity index (χ3v) is 2.57. The van der Waals surface area contributed by atoms with E-state index in [9.17, 15) is 4.79 Å². The van der Waals surface area contributed by atoms with Crippen LogP contribution in [0.3, 0.4) is 0 Å². The SMILES string of the molecule is CCOC(=O)c1c(C)c[nH]c1C1CC1. The largest absolute Gasteiger partial charge is 0.462 e. The van der Waals surface area contributed by atoms with E-state index < -0.39 is 0 Å². The Morgan fingerprint density at radius 2 is 2.36 bits per heavy atom. The van der Waals surface area contributed by atoms with Gasteiger partial charge in [0.25, 0.3) is 0 Å². The molecule has 0 unspecified atom stereocenters. The maximum atomic E-state index is 11.6. The third kappa shape index (κ3) is 1.54. The van der Waals surface area contributed by atoms with Gasteiger partial charge in [-0.25, -0.2) is 4.79 Å². The molecule has 1 aromatic heterocycles. The monoisotopic (exact) mass is 193 g/mol. The quantitative estimate of drug-likeness (QED) is 0.749. The number of ether oxygens (including phenoxy) is 1. The van der Waals surface area contributed by atoms with Gasteiger partial charge >= 0.3 is 5.97 Å². The number of nitrogens with one attached hydrogen (secondary N) is 1. The first-order valence-electron chi connectivity index (χ1n) is 5.09. The second-order valence-corrected chi connectivity index (χ2v) is 3.76. The maximum Gasteiger partial charge on any atom is 0.340 e. The van der Waals surface area contributed by atoms with Gasteiger partial charge < -0.3 is 9.72 Å². The first kappa shape index (κ1) is 9.31. The average molecular weight is 193 g/mol. The molecule has 0 amide bonds. The van der Waals surface area contributed by atoms with Crippen LogP contribution in [0.5, 0.6) is 0 Å². The number of hydrogen-bond donors (Lipinski definition) is 1. The Kier molecular flexibility index (Phi) is 2.32. The van der Waals surface area contributed by atoms with E-state index in [-0.39, 0.29) is 5.97 Å². The molecule has 0 aromatic carbocycles. The zero-order valence-corrected chi connectivity index (χ0v) is 8.59. The number of hydrogen-bond acceptors (Lipinski definition) is 2. The molecule has 0 aliphatic heterocycles. The summed E-state index contributed by atoms with van der Waals surface area (Å²) in [6.07, 6.45) is 4.26. The van der Waals surface area contributed by atoms with Crippen molar-refractivity contribution in [1.82, 2.24) is 4.98 Å². The van der Waals surface area contributed by atoms with Crippen LogP contribution < -0.4 is 0 Å². The molecule has 0 spiro atoms. The standard InChI is InChI=1S/C11H15NO2/c1-3-14-11(13)9-7(2)6-12-10(9)8-4-5-8/h6,8,12H,3-5H2,1-2H3. The number of aryl methyl sites for hydroxylation is 1. The van der Waals surface area contributed by atoms with Crippen LogP contribution in [0.1, 0.15) is 47.3 Å². The first-order chi connectivity index (χ1) is 6.74. The second-order valence-electron chi connectivity index (χ2n) is 3.76. The number of H-pyrrole nitrogens is 1. The van der Waals surface area contributed by atoms with Gasteiger partial charge in [0.15, 0.2) is 0 Å². The highest BCUT2D eigenvalue weighted by atomic mass is 16.5. The molecule has 1 aliphatic rings. The van der Waals surface area contributed by atoms with Crippen molar-refractivity contribution >= 4 is 5.97 Å². The van der Waals surface area contributed by atoms with Gasteiger partial charge in [-0.2, -0.15) is 0 Å². The van der Waals surface area contributed by atoms with E-state index in [1.54, 1.807) is 0 Å². The average Bonchev–Trinajstić information content (AvgIpc) is 2.90. The fourth-order valence-corrected chi connectivity index (χ4v) is 1.71. The molecule has 1 aromatic rings. The van der Waals surface area contributed by atoms with Crippen LogP contribution in [-0.4, -0.2) is 17.6 Å². The molecule has 1 heterocycles. The van der Waals surface area contributed by atoms with Gasteiger partial charge in [0.05, 0.1) is 12.2 Å². The number of aromatic amines is 1. The first-order valence-corrected chi connectivity index (χ1v) is 5.09. The second kappa shape index (κ2) is 3.48. The Bertz CT molecular complexity index is 350. The minimum atomic E-state index is -0.187. The molecule has 0 bridgehead atoms. The lowest BCUT2D eigenvalue weighted by atomic mass is 10.1. The van der Waals surface area contributed by atoms with Crippen molar-refractivity contribution in [1.29, 1.82) is 0 Å². The van der Waals surface area contributed by atoms with Crippen molar-refractivity contribution in [3.8, 4) is 0 Å². The predicted octanol–water partition coefficient (Wildman–Crippen LogP) is 2.38. The molecule has 76 valence electrons. The van der Waals surface area contributed by atoms with E-state index in [1.807, 2.05) is 20.0 Å². The van der Waals surface area contributed by atoms with Gasteiger partial charge in [-0.3, -0.25) is 0 Å². The molecule has 2 rings (SSSR count). The lowest BCUT2D eigenvalue weighted by molar-refractivity contribution is 0.0524. The summed E-state index contributed by atoms with van der Waals surface area (Å²) in [5, 5.41) is 0. The van der Waals surface area contributed by atoms with Crippen molar-refractivity contribution < 1.29 is 9.53 Å². The van der Waals surface area contributed by atoms with Crippen LogP contribution in [0, 0.1) is 6.92 Å². The van der Waals surface area contributed by atoms with Crippen LogP contribution in [0.25, 0.3) is 0 Å². The number of carbonyl (C=O) groups is 1. The van der Waals surface area contributed by atoms with E-state index in [4.69, 9.17) is 4.74 Å². The van der Waals surface area contributed by atoms with E-state index in [2.05, 4.69) is 4.98 Å². The third-order valence-electron chi connectivity index (χ3n) is 2.57. The van der Waals surface area contributed by atoms with Crippen LogP contribution in [0.15, 0.2) is 6.20 Å². The number of carbonyl (C=O) groups excluding carboxylic acids is 1. The van der Waals surface area contributed by atoms with E-state index >= 15 is 0 Å². The van der Waals surface area contributed by atoms with Crippen molar-refractivity contribution in [3.63, 3.8) is 0 Å². The summed E-state index contributed by atoms with van der Waals surface area (Å²) in [6.45, 7) is 4.21. The van der Waals surface area contributed by atoms with Crippen molar-refractivity contribution in [3.05, 3.63) is 23.0 Å². The summed E-state index contributed by atoms with van der Waals surface area (Å²) in [5.41, 5.74) is 2.82. The molecule has 14 heavy (non-hydrogen) atoms. The van der Waals surface area contributed by atoms with Gasteiger partial charge in [0.1, 0.15) is 0 Å². The topological polar surface area (TPSA) is 42.1 Å². The normalized spacial score (nSPS) is 15.6. The molecule has 3 heteroatoms. The van der Waals surface area contributed by atoms with Gasteiger partial charge in [0.2, 0.25) is 0 Å². The summed E-state index contributed by atoms with van der Waals surface area (Å²) >= 11 is 0. The van der Waals surface area contributed by atoms with E-state index in [0.29, 0.717) is 12.5 Å². The molecule has 1 aliphatic carbocycles. The van der Waals surface area contributed by atoms with Crippen LogP contribution in [0.2, 0.25) is 0 Å². The highest BCUT2D eigenvalue weighted by Gasteiger charge is 2.30. The summed E-state index contributed by atoms with van der Waals surface area (Å²) in [6, 6.07) is 0. The molecule has 0 radical (unpaired) electrons. The Balaban J connectivity index is 2.29. The number of esters is 1. The highest BCUT2D eigenvalue weighted by molar-refractivity contribution is 5.92. The minimum absolute atomic E-state index is 0.187. The molecular weight excluding hydrogens is 178 g/mol. The minimum Gasteiger partial charge on any atom is -0.462 e. The number of rotatable bonds is 3. The Morgan fingerprint density at radius 1 is 1.64 bits per heavy atom. The maximum absolute atomic E-state index is 11.6. The molecule has 1 saturated carbocycles. The van der Waals surface area contributed by atoms with E-state index in [1.165, 1.54) is 12.8 Å². The van der Waals surface area contributed by atoms with Crippen LogP contribution in [-0.2, 0) is 4.74 Å². The van der Waals surface area contributed by atoms with Crippen molar-refractivity contribution in [2.45, 2.75) is 32.6 Å². The molecule has 3 nitrogen and oxygen atoms in total. The number of aromatic nitrogens is 1. The molecular formula is C11H15NO2. The zero-order valence-electron chi connectivity index (χ0n) is 8.59. The zero-order chi connectivity index (χ0) is 10.1. The van der Waals surface area contributed by atoms with Gasteiger partial charge in [-0.05, 0) is 38.2 Å². The fourth-order valence-electron chi connectivity index (χ4n) is 1.71. The molecule has 0 atom stereocenters. The van der Waals surface area contributed by atoms with Gasteiger partial charge in [-0.1, -0.05) is 0 Å². The Hall–Kier alpha value is -1.25. The summed E-state index contributed by atoms with van der Waals surface area (Å²) < 4.78 is 5.03. The fraction of sp³-hybridized carbons (Fsp3) is 0.545. The van der Waals surface area contributed by atoms with Gasteiger partial charge in [-0.15, -0.1) is 0 Å². The Morgan fingerprint density at radius 3 is 2.93 bits per heavy atom. The summed E-state index contributed by atoms with van der Waals surface area (Å²) in [5.74, 6) is 0.372. The van der Waals surface area contributed by atoms with E-state index in [0.717, 1.165) is 16.8 Å². The van der Waals surface area contributed by atoms with Crippen molar-refractivity contribution in [2.24, 2.45) is 0 Å². The summed E-state index contributed by atoms with van der Waals surface area (Å²) in [7, 11) is 0. The predicted molar refractivity (Wildman–Crippen MR) is 53.5 cm³/mol. The van der Waals surface area contributed by atoms with Crippen LogP contribution in [0.4, 0.5) is 0 Å². The molecule has 1 fully saturated rings. The summed E-state index contributed by atoms with van der Waals surface area (Å²) in [4.78, 5) is 14.8. The van der Waals surface area contributed by atoms with Gasteiger partial charge in [0, 0.05) is 11.9 Å². The highest BCUT2D eigenvalue weighted by Crippen LogP contribution is 2.41. The molecule has 0 saturated heterocycles. The molecule has 1 N–H and O–H groups in total. The van der Waals surface area contributed by atoms with Crippen LogP contribution >= 0.6 is 0 Å². The van der Waals surface area contributed by atoms with Crippen molar-refractivity contribution in [2.75, 3.05) is 6.61 Å². The lowest BCUT2D eigenvalue weighted by Crippen LogP contribution is -2.07. The smallest absolute Gasteiger partial charge is 0.340 e. The lowest BCUT2D eigenvalue weighted by Gasteiger charge is -2.03.